The van der Waals surface area contributed by atoms with Gasteiger partial charge in [-0.15, -0.1) is 0 Å². The molecule has 0 aliphatic carbocycles. The Morgan fingerprint density at radius 1 is 1.07 bits per heavy atom. The summed E-state index contributed by atoms with van der Waals surface area (Å²) in [5, 5.41) is 3.39. The molecule has 3 amide bonds. The zero-order valence-corrected chi connectivity index (χ0v) is 17.0. The number of amides is 3. The molecule has 0 radical (unpaired) electrons. The number of nitrogens with one attached hydrogen (secondary N) is 1. The van der Waals surface area contributed by atoms with Crippen LogP contribution in [0.25, 0.3) is 0 Å². The molecule has 1 heterocycles. The molecule has 0 atom stereocenters. The second-order valence-electron chi connectivity index (χ2n) is 7.79. The highest BCUT2D eigenvalue weighted by molar-refractivity contribution is 6.30. The number of carbonyl (C=O) groups is 3. The van der Waals surface area contributed by atoms with Crippen LogP contribution in [0.4, 0.5) is 0 Å². The van der Waals surface area contributed by atoms with Crippen molar-refractivity contribution in [1.82, 2.24) is 15.1 Å². The van der Waals surface area contributed by atoms with Crippen LogP contribution in [0.1, 0.15) is 44.0 Å². The highest BCUT2D eigenvalue weighted by Gasteiger charge is 2.25. The van der Waals surface area contributed by atoms with Gasteiger partial charge in [0.05, 0.1) is 0 Å². The van der Waals surface area contributed by atoms with E-state index in [-0.39, 0.29) is 17.7 Å². The van der Waals surface area contributed by atoms with E-state index in [2.05, 4.69) is 5.32 Å². The Morgan fingerprint density at radius 2 is 1.70 bits per heavy atom. The molecule has 1 aromatic carbocycles. The van der Waals surface area contributed by atoms with Crippen LogP contribution in [0.2, 0.25) is 5.02 Å². The fourth-order valence-electron chi connectivity index (χ4n) is 2.83. The number of hydrogen-bond donors (Lipinski definition) is 1. The zero-order chi connectivity index (χ0) is 20.0. The maximum Gasteiger partial charge on any atom is 0.254 e. The highest BCUT2D eigenvalue weighted by atomic mass is 35.5. The second kappa shape index (κ2) is 9.22. The average molecular weight is 394 g/mol. The molecule has 0 aromatic heterocycles. The van der Waals surface area contributed by atoms with Crippen LogP contribution in [0.3, 0.4) is 0 Å². The highest BCUT2D eigenvalue weighted by Crippen LogP contribution is 2.15. The van der Waals surface area contributed by atoms with Crippen molar-refractivity contribution in [2.45, 2.75) is 33.6 Å². The van der Waals surface area contributed by atoms with E-state index in [0.29, 0.717) is 56.2 Å². The third-order valence-corrected chi connectivity index (χ3v) is 4.76. The van der Waals surface area contributed by atoms with Gasteiger partial charge >= 0.3 is 0 Å². The summed E-state index contributed by atoms with van der Waals surface area (Å²) in [6.07, 6.45) is 1.01. The molecule has 1 aliphatic heterocycles. The number of nitrogens with zero attached hydrogens (tertiary/aromatic N) is 2. The summed E-state index contributed by atoms with van der Waals surface area (Å²) in [5.74, 6) is -0.00700. The lowest BCUT2D eigenvalue weighted by Crippen LogP contribution is -2.50. The topological polar surface area (TPSA) is 69.7 Å². The van der Waals surface area contributed by atoms with Gasteiger partial charge in [-0.3, -0.25) is 14.4 Å². The van der Waals surface area contributed by atoms with E-state index in [1.165, 1.54) is 0 Å². The van der Waals surface area contributed by atoms with E-state index in [4.69, 9.17) is 11.6 Å². The summed E-state index contributed by atoms with van der Waals surface area (Å²) >= 11 is 5.95. The fourth-order valence-corrected chi connectivity index (χ4v) is 3.02. The van der Waals surface area contributed by atoms with Gasteiger partial charge in [0.1, 0.15) is 0 Å². The first kappa shape index (κ1) is 21.2. The van der Waals surface area contributed by atoms with Crippen molar-refractivity contribution in [3.05, 3.63) is 34.9 Å². The summed E-state index contributed by atoms with van der Waals surface area (Å²) in [5.41, 5.74) is 0.146. The van der Waals surface area contributed by atoms with Gasteiger partial charge < -0.3 is 15.1 Å². The monoisotopic (exact) mass is 393 g/mol. The molecule has 2 rings (SSSR count). The van der Waals surface area contributed by atoms with E-state index in [0.717, 1.165) is 0 Å². The van der Waals surface area contributed by atoms with Crippen molar-refractivity contribution in [2.75, 3.05) is 32.7 Å². The van der Waals surface area contributed by atoms with Crippen molar-refractivity contribution in [3.63, 3.8) is 0 Å². The lowest BCUT2D eigenvalue weighted by molar-refractivity contribution is -0.133. The standard InChI is InChI=1S/C20H28ClN3O3/c1-20(2,3)19(27)22-9-5-8-17(25)23-10-12-24(13-11-23)18(26)15-6-4-7-16(21)14-15/h4,6-7,14H,5,8-13H2,1-3H3,(H,22,27). The van der Waals surface area contributed by atoms with Crippen molar-refractivity contribution in [3.8, 4) is 0 Å². The molecular formula is C20H28ClN3O3. The molecule has 1 N–H and O–H groups in total. The summed E-state index contributed by atoms with van der Waals surface area (Å²) < 4.78 is 0. The van der Waals surface area contributed by atoms with Crippen molar-refractivity contribution in [2.24, 2.45) is 5.41 Å². The Morgan fingerprint density at radius 3 is 2.30 bits per heavy atom. The lowest BCUT2D eigenvalue weighted by Gasteiger charge is -2.35. The van der Waals surface area contributed by atoms with Crippen molar-refractivity contribution >= 4 is 29.3 Å². The third kappa shape index (κ3) is 6.24. The van der Waals surface area contributed by atoms with Crippen LogP contribution in [0.5, 0.6) is 0 Å². The average Bonchev–Trinajstić information content (AvgIpc) is 2.63. The van der Waals surface area contributed by atoms with Crippen molar-refractivity contribution in [1.29, 1.82) is 0 Å². The molecular weight excluding hydrogens is 366 g/mol. The van der Waals surface area contributed by atoms with Gasteiger partial charge in [0.25, 0.3) is 5.91 Å². The van der Waals surface area contributed by atoms with E-state index >= 15 is 0 Å². The van der Waals surface area contributed by atoms with E-state index in [9.17, 15) is 14.4 Å². The largest absolute Gasteiger partial charge is 0.356 e. The first-order valence-corrected chi connectivity index (χ1v) is 9.67. The fraction of sp³-hybridized carbons (Fsp3) is 0.550. The van der Waals surface area contributed by atoms with Crippen LogP contribution in [0, 0.1) is 5.41 Å². The van der Waals surface area contributed by atoms with Gasteiger partial charge in [0.15, 0.2) is 0 Å². The molecule has 27 heavy (non-hydrogen) atoms. The van der Waals surface area contributed by atoms with Gasteiger partial charge in [-0.1, -0.05) is 38.4 Å². The Balaban J connectivity index is 1.72. The summed E-state index contributed by atoms with van der Waals surface area (Å²) in [4.78, 5) is 40.2. The smallest absolute Gasteiger partial charge is 0.254 e. The number of hydrogen-bond acceptors (Lipinski definition) is 3. The van der Waals surface area contributed by atoms with Crippen LogP contribution < -0.4 is 5.32 Å². The van der Waals surface area contributed by atoms with Gasteiger partial charge in [0, 0.05) is 55.1 Å². The lowest BCUT2D eigenvalue weighted by atomic mass is 9.96. The molecule has 0 bridgehead atoms. The van der Waals surface area contributed by atoms with Gasteiger partial charge in [-0.05, 0) is 24.6 Å². The molecule has 1 fully saturated rings. The summed E-state index contributed by atoms with van der Waals surface area (Å²) in [6, 6.07) is 6.90. The maximum absolute atomic E-state index is 12.5. The Labute approximate surface area is 165 Å². The summed E-state index contributed by atoms with van der Waals surface area (Å²) in [7, 11) is 0. The minimum Gasteiger partial charge on any atom is -0.356 e. The SMILES string of the molecule is CC(C)(C)C(=O)NCCCC(=O)N1CCN(C(=O)c2cccc(Cl)c2)CC1. The molecule has 1 saturated heterocycles. The number of halogens is 1. The normalized spacial score (nSPS) is 14.8. The summed E-state index contributed by atoms with van der Waals surface area (Å²) in [6.45, 7) is 8.15. The number of piperazine rings is 1. The number of carbonyl (C=O) groups excluding carboxylic acids is 3. The number of benzene rings is 1. The maximum atomic E-state index is 12.5. The minimum absolute atomic E-state index is 0.0110. The van der Waals surface area contributed by atoms with Crippen LogP contribution in [-0.2, 0) is 9.59 Å². The van der Waals surface area contributed by atoms with Gasteiger partial charge in [0.2, 0.25) is 11.8 Å². The quantitative estimate of drug-likeness (QED) is 0.781. The Hall–Kier alpha value is -2.08. The first-order valence-electron chi connectivity index (χ1n) is 9.29. The zero-order valence-electron chi connectivity index (χ0n) is 16.3. The van der Waals surface area contributed by atoms with Crippen LogP contribution in [0.15, 0.2) is 24.3 Å². The van der Waals surface area contributed by atoms with E-state index in [1.807, 2.05) is 20.8 Å². The molecule has 0 unspecified atom stereocenters. The van der Waals surface area contributed by atoms with Gasteiger partial charge in [-0.2, -0.15) is 0 Å². The molecule has 6 nitrogen and oxygen atoms in total. The van der Waals surface area contributed by atoms with E-state index < -0.39 is 5.41 Å². The second-order valence-corrected chi connectivity index (χ2v) is 8.23. The first-order chi connectivity index (χ1) is 12.7. The minimum atomic E-state index is -0.421. The third-order valence-electron chi connectivity index (χ3n) is 4.53. The molecule has 0 saturated carbocycles. The Bertz CT molecular complexity index is 692. The molecule has 148 valence electrons. The molecule has 7 heteroatoms. The Kier molecular flexibility index (Phi) is 7.25. The van der Waals surface area contributed by atoms with Gasteiger partial charge in [-0.25, -0.2) is 0 Å². The predicted octanol–water partition coefficient (Wildman–Crippen LogP) is 2.57. The molecule has 0 spiro atoms. The van der Waals surface area contributed by atoms with E-state index in [1.54, 1.807) is 34.1 Å². The number of rotatable bonds is 5. The molecule has 1 aliphatic rings. The van der Waals surface area contributed by atoms with Crippen LogP contribution in [-0.4, -0.2) is 60.2 Å². The molecule has 1 aromatic rings. The van der Waals surface area contributed by atoms with Crippen molar-refractivity contribution < 1.29 is 14.4 Å². The predicted molar refractivity (Wildman–Crippen MR) is 106 cm³/mol. The van der Waals surface area contributed by atoms with Crippen LogP contribution >= 0.6 is 11.6 Å².